The third-order valence-electron chi connectivity index (χ3n) is 2.63. The minimum absolute atomic E-state index is 0.0467. The third-order valence-corrected chi connectivity index (χ3v) is 2.63. The quantitative estimate of drug-likeness (QED) is 0.459. The van der Waals surface area contributed by atoms with Crippen molar-refractivity contribution in [3.05, 3.63) is 0 Å². The van der Waals surface area contributed by atoms with E-state index in [2.05, 4.69) is 17.6 Å². The molecule has 0 saturated heterocycles. The van der Waals surface area contributed by atoms with Crippen LogP contribution in [-0.4, -0.2) is 35.1 Å². The van der Waals surface area contributed by atoms with E-state index in [0.29, 0.717) is 0 Å². The molecule has 0 aromatic carbocycles. The van der Waals surface area contributed by atoms with Crippen LogP contribution in [0.5, 0.6) is 0 Å². The van der Waals surface area contributed by atoms with Crippen molar-refractivity contribution in [2.75, 3.05) is 0 Å². The summed E-state index contributed by atoms with van der Waals surface area (Å²) in [7, 11) is 0. The van der Waals surface area contributed by atoms with Gasteiger partial charge in [0, 0.05) is 6.04 Å². The lowest BCUT2D eigenvalue weighted by molar-refractivity contribution is -0.140. The Hall–Kier alpha value is -1.79. The van der Waals surface area contributed by atoms with Gasteiger partial charge < -0.3 is 21.5 Å². The Morgan fingerprint density at radius 1 is 1.21 bits per heavy atom. The average molecular weight is 273 g/mol. The van der Waals surface area contributed by atoms with Crippen molar-refractivity contribution in [2.45, 2.75) is 58.0 Å². The Morgan fingerprint density at radius 2 is 1.84 bits per heavy atom. The van der Waals surface area contributed by atoms with E-state index >= 15 is 0 Å². The maximum atomic E-state index is 11.5. The number of amides is 3. The number of unbranched alkanes of at least 4 members (excludes halogenated alkanes) is 2. The predicted molar refractivity (Wildman–Crippen MR) is 70.5 cm³/mol. The molecule has 0 spiro atoms. The number of hydrogen-bond acceptors (Lipinski definition) is 3. The summed E-state index contributed by atoms with van der Waals surface area (Å²) in [6.07, 6.45) is 3.59. The second kappa shape index (κ2) is 9.18. The number of carboxylic acid groups (broad SMARTS) is 1. The van der Waals surface area contributed by atoms with Crippen LogP contribution in [0, 0.1) is 0 Å². The number of nitrogens with one attached hydrogen (secondary N) is 2. The van der Waals surface area contributed by atoms with Gasteiger partial charge in [0.25, 0.3) is 0 Å². The Bertz CT molecular complexity index is 320. The van der Waals surface area contributed by atoms with Crippen molar-refractivity contribution in [3.63, 3.8) is 0 Å². The summed E-state index contributed by atoms with van der Waals surface area (Å²) in [6, 6.07) is -1.94. The number of carbonyl (C=O) groups excluding carboxylic acids is 2. The van der Waals surface area contributed by atoms with E-state index in [9.17, 15) is 14.4 Å². The van der Waals surface area contributed by atoms with Gasteiger partial charge in [-0.25, -0.2) is 9.59 Å². The van der Waals surface area contributed by atoms with Crippen LogP contribution in [0.3, 0.4) is 0 Å². The molecule has 5 N–H and O–H groups in total. The van der Waals surface area contributed by atoms with Crippen molar-refractivity contribution < 1.29 is 19.5 Å². The molecular formula is C12H23N3O4. The van der Waals surface area contributed by atoms with Gasteiger partial charge in [0.05, 0.1) is 6.42 Å². The van der Waals surface area contributed by atoms with Crippen LogP contribution in [0.25, 0.3) is 0 Å². The molecule has 0 rings (SSSR count). The second-order valence-electron chi connectivity index (χ2n) is 4.58. The lowest BCUT2D eigenvalue weighted by atomic mass is 10.1. The first kappa shape index (κ1) is 17.2. The number of rotatable bonds is 9. The van der Waals surface area contributed by atoms with Gasteiger partial charge in [-0.15, -0.1) is 0 Å². The van der Waals surface area contributed by atoms with Crippen molar-refractivity contribution >= 4 is 17.9 Å². The molecule has 0 aliphatic heterocycles. The molecule has 2 atom stereocenters. The van der Waals surface area contributed by atoms with E-state index in [1.165, 1.54) is 0 Å². The Labute approximate surface area is 112 Å². The molecule has 7 heteroatoms. The highest BCUT2D eigenvalue weighted by atomic mass is 16.4. The smallest absolute Gasteiger partial charge is 0.326 e. The average Bonchev–Trinajstić information content (AvgIpc) is 2.27. The molecule has 0 saturated carbocycles. The maximum absolute atomic E-state index is 11.5. The van der Waals surface area contributed by atoms with E-state index in [-0.39, 0.29) is 6.04 Å². The molecule has 0 aromatic heterocycles. The number of carbonyl (C=O) groups is 3. The summed E-state index contributed by atoms with van der Waals surface area (Å²) in [5.74, 6) is -2.06. The van der Waals surface area contributed by atoms with Crippen molar-refractivity contribution in [1.82, 2.24) is 10.6 Å². The summed E-state index contributed by atoms with van der Waals surface area (Å²) < 4.78 is 0. The van der Waals surface area contributed by atoms with E-state index in [0.717, 1.165) is 25.7 Å². The van der Waals surface area contributed by atoms with E-state index in [4.69, 9.17) is 10.8 Å². The molecule has 0 aliphatic rings. The molecule has 0 heterocycles. The number of primary amides is 1. The van der Waals surface area contributed by atoms with Crippen LogP contribution < -0.4 is 16.4 Å². The topological polar surface area (TPSA) is 122 Å². The highest BCUT2D eigenvalue weighted by Crippen LogP contribution is 2.02. The standard InChI is InChI=1S/C12H23N3O4/c1-3-4-5-6-8(2)14-12(19)15-9(11(17)18)7-10(13)16/h8-9H,3-7H2,1-2H3,(H2,13,16)(H,17,18)(H2,14,15,19)/t8?,9-/m0/s1. The number of hydrogen-bond donors (Lipinski definition) is 4. The molecule has 110 valence electrons. The Balaban J connectivity index is 4.11. The zero-order chi connectivity index (χ0) is 14.8. The zero-order valence-corrected chi connectivity index (χ0v) is 11.4. The minimum Gasteiger partial charge on any atom is -0.480 e. The summed E-state index contributed by atoms with van der Waals surface area (Å²) in [6.45, 7) is 3.94. The number of urea groups is 1. The molecular weight excluding hydrogens is 250 g/mol. The number of carboxylic acids is 1. The minimum atomic E-state index is -1.29. The van der Waals surface area contributed by atoms with Crippen LogP contribution in [0.4, 0.5) is 4.79 Å². The Morgan fingerprint density at radius 3 is 2.32 bits per heavy atom. The normalized spacial score (nSPS) is 13.4. The first-order valence-electron chi connectivity index (χ1n) is 6.45. The first-order chi connectivity index (χ1) is 8.86. The monoisotopic (exact) mass is 273 g/mol. The summed E-state index contributed by atoms with van der Waals surface area (Å²) >= 11 is 0. The van der Waals surface area contributed by atoms with Crippen LogP contribution in [-0.2, 0) is 9.59 Å². The first-order valence-corrected chi connectivity index (χ1v) is 6.45. The summed E-state index contributed by atoms with van der Waals surface area (Å²) in [5, 5.41) is 13.7. The summed E-state index contributed by atoms with van der Waals surface area (Å²) in [4.78, 5) is 33.0. The van der Waals surface area contributed by atoms with E-state index < -0.39 is 30.4 Å². The van der Waals surface area contributed by atoms with E-state index in [1.807, 2.05) is 6.92 Å². The molecule has 0 aliphatic carbocycles. The van der Waals surface area contributed by atoms with Gasteiger partial charge in [-0.05, 0) is 13.3 Å². The molecule has 1 unspecified atom stereocenters. The molecule has 19 heavy (non-hydrogen) atoms. The lowest BCUT2D eigenvalue weighted by Gasteiger charge is -2.17. The second-order valence-corrected chi connectivity index (χ2v) is 4.58. The fourth-order valence-electron chi connectivity index (χ4n) is 1.60. The SMILES string of the molecule is CCCCCC(C)NC(=O)N[C@@H](CC(N)=O)C(=O)O. The lowest BCUT2D eigenvalue weighted by Crippen LogP contribution is -2.49. The molecule has 3 amide bonds. The van der Waals surface area contributed by atoms with E-state index in [1.54, 1.807) is 0 Å². The van der Waals surface area contributed by atoms with Gasteiger partial charge in [-0.1, -0.05) is 26.2 Å². The number of nitrogens with two attached hydrogens (primary N) is 1. The zero-order valence-electron chi connectivity index (χ0n) is 11.4. The molecule has 0 aromatic rings. The number of aliphatic carboxylic acids is 1. The fraction of sp³-hybridized carbons (Fsp3) is 0.750. The van der Waals surface area contributed by atoms with Crippen LogP contribution in [0.2, 0.25) is 0 Å². The van der Waals surface area contributed by atoms with Gasteiger partial charge in [-0.3, -0.25) is 4.79 Å². The molecule has 0 fully saturated rings. The van der Waals surface area contributed by atoms with Crippen LogP contribution in [0.1, 0.15) is 46.0 Å². The van der Waals surface area contributed by atoms with Gasteiger partial charge >= 0.3 is 12.0 Å². The van der Waals surface area contributed by atoms with Gasteiger partial charge in [0.15, 0.2) is 0 Å². The predicted octanol–water partition coefficient (Wildman–Crippen LogP) is 0.583. The van der Waals surface area contributed by atoms with Crippen molar-refractivity contribution in [2.24, 2.45) is 5.73 Å². The molecule has 0 bridgehead atoms. The molecule has 0 radical (unpaired) electrons. The van der Waals surface area contributed by atoms with Crippen molar-refractivity contribution in [1.29, 1.82) is 0 Å². The Kier molecular flexibility index (Phi) is 8.32. The largest absolute Gasteiger partial charge is 0.480 e. The molecule has 7 nitrogen and oxygen atoms in total. The third kappa shape index (κ3) is 8.87. The highest BCUT2D eigenvalue weighted by molar-refractivity contribution is 5.87. The highest BCUT2D eigenvalue weighted by Gasteiger charge is 2.22. The van der Waals surface area contributed by atoms with Crippen LogP contribution in [0.15, 0.2) is 0 Å². The maximum Gasteiger partial charge on any atom is 0.326 e. The van der Waals surface area contributed by atoms with Crippen molar-refractivity contribution in [3.8, 4) is 0 Å². The van der Waals surface area contributed by atoms with Gasteiger partial charge in [0.2, 0.25) is 5.91 Å². The van der Waals surface area contributed by atoms with Gasteiger partial charge in [-0.2, -0.15) is 0 Å². The fourth-order valence-corrected chi connectivity index (χ4v) is 1.60. The summed E-state index contributed by atoms with van der Waals surface area (Å²) in [5.41, 5.74) is 4.92. The van der Waals surface area contributed by atoms with Crippen LogP contribution >= 0.6 is 0 Å². The van der Waals surface area contributed by atoms with Gasteiger partial charge in [0.1, 0.15) is 6.04 Å².